The highest BCUT2D eigenvalue weighted by molar-refractivity contribution is 7.71. The average Bonchev–Trinajstić information content (AvgIpc) is 2.52. The maximum absolute atomic E-state index is 5.07. The van der Waals surface area contributed by atoms with Crippen molar-refractivity contribution in [3.05, 3.63) is 22.7 Å². The molecule has 2 nitrogen and oxygen atoms in total. The third-order valence-electron chi connectivity index (χ3n) is 2.77. The van der Waals surface area contributed by atoms with Crippen LogP contribution in [0.3, 0.4) is 0 Å². The molecule has 0 amide bonds. The maximum Gasteiger partial charge on any atom is 0.110 e. The van der Waals surface area contributed by atoms with Crippen LogP contribution in [0.5, 0.6) is 0 Å². The van der Waals surface area contributed by atoms with Crippen molar-refractivity contribution in [3.8, 4) is 0 Å². The van der Waals surface area contributed by atoms with Crippen LogP contribution < -0.4 is 0 Å². The zero-order valence-corrected chi connectivity index (χ0v) is 8.60. The van der Waals surface area contributed by atoms with Crippen molar-refractivity contribution in [2.45, 2.75) is 32.1 Å². The van der Waals surface area contributed by atoms with Gasteiger partial charge < -0.3 is 4.98 Å². The predicted octanol–water partition coefficient (Wildman–Crippen LogP) is 3.04. The quantitative estimate of drug-likeness (QED) is 0.696. The Morgan fingerprint density at radius 1 is 1.54 bits per heavy atom. The van der Waals surface area contributed by atoms with E-state index in [2.05, 4.69) is 16.9 Å². The van der Waals surface area contributed by atoms with Gasteiger partial charge >= 0.3 is 0 Å². The van der Waals surface area contributed by atoms with E-state index in [0.29, 0.717) is 5.92 Å². The first-order chi connectivity index (χ1) is 6.25. The second-order valence-electron chi connectivity index (χ2n) is 3.93. The minimum Gasteiger partial charge on any atom is -0.335 e. The highest BCUT2D eigenvalue weighted by Gasteiger charge is 2.23. The van der Waals surface area contributed by atoms with Gasteiger partial charge in [0.1, 0.15) is 10.5 Å². The average molecular weight is 194 g/mol. The molecular weight excluding hydrogens is 180 g/mol. The molecule has 1 fully saturated rings. The molecule has 1 saturated carbocycles. The molecule has 0 saturated heterocycles. The Kier molecular flexibility index (Phi) is 2.44. The van der Waals surface area contributed by atoms with Crippen molar-refractivity contribution in [1.82, 2.24) is 9.97 Å². The minimum atomic E-state index is 0.609. The van der Waals surface area contributed by atoms with Crippen LogP contribution in [0.1, 0.15) is 37.9 Å². The highest BCUT2D eigenvalue weighted by atomic mass is 32.1. The molecule has 0 aliphatic heterocycles. The van der Waals surface area contributed by atoms with Gasteiger partial charge in [0.2, 0.25) is 0 Å². The topological polar surface area (TPSA) is 28.7 Å². The lowest BCUT2D eigenvalue weighted by atomic mass is 10.1. The van der Waals surface area contributed by atoms with E-state index in [4.69, 9.17) is 12.2 Å². The number of H-pyrrole nitrogens is 1. The second-order valence-corrected chi connectivity index (χ2v) is 4.37. The third-order valence-corrected chi connectivity index (χ3v) is 3.01. The second kappa shape index (κ2) is 3.58. The Balaban J connectivity index is 2.21. The molecule has 1 aliphatic carbocycles. The summed E-state index contributed by atoms with van der Waals surface area (Å²) in [5.41, 5.74) is 0. The van der Waals surface area contributed by atoms with Crippen molar-refractivity contribution in [2.24, 2.45) is 5.92 Å². The number of hydrogen-bond acceptors (Lipinski definition) is 2. The van der Waals surface area contributed by atoms with Crippen LogP contribution in [-0.2, 0) is 0 Å². The van der Waals surface area contributed by atoms with E-state index in [9.17, 15) is 0 Å². The van der Waals surface area contributed by atoms with Gasteiger partial charge in [0.05, 0.1) is 0 Å². The van der Waals surface area contributed by atoms with Crippen LogP contribution in [0.4, 0.5) is 0 Å². The van der Waals surface area contributed by atoms with Crippen LogP contribution in [0.15, 0.2) is 12.3 Å². The zero-order chi connectivity index (χ0) is 9.26. The summed E-state index contributed by atoms with van der Waals surface area (Å²) in [6.07, 6.45) is 5.63. The lowest BCUT2D eigenvalue weighted by Gasteiger charge is -2.07. The van der Waals surface area contributed by atoms with Crippen molar-refractivity contribution in [3.63, 3.8) is 0 Å². The number of hydrogen-bond donors (Lipinski definition) is 1. The smallest absolute Gasteiger partial charge is 0.110 e. The van der Waals surface area contributed by atoms with E-state index in [0.717, 1.165) is 16.4 Å². The summed E-state index contributed by atoms with van der Waals surface area (Å²) in [6, 6.07) is 1.83. The first-order valence-electron chi connectivity index (χ1n) is 4.81. The molecule has 2 atom stereocenters. The van der Waals surface area contributed by atoms with Gasteiger partial charge in [0.15, 0.2) is 0 Å². The number of nitrogens with one attached hydrogen (secondary N) is 1. The number of nitrogens with zero attached hydrogens (tertiary/aromatic N) is 1. The van der Waals surface area contributed by atoms with Crippen molar-refractivity contribution >= 4 is 12.2 Å². The van der Waals surface area contributed by atoms with Crippen molar-refractivity contribution in [2.75, 3.05) is 0 Å². The predicted molar refractivity (Wildman–Crippen MR) is 55.2 cm³/mol. The fraction of sp³-hybridized carbons (Fsp3) is 0.600. The summed E-state index contributed by atoms with van der Waals surface area (Å²) < 4.78 is 0.796. The fourth-order valence-electron chi connectivity index (χ4n) is 2.05. The molecule has 2 unspecified atom stereocenters. The van der Waals surface area contributed by atoms with E-state index in [1.807, 2.05) is 6.07 Å². The molecule has 0 spiro atoms. The Morgan fingerprint density at radius 3 is 3.00 bits per heavy atom. The zero-order valence-electron chi connectivity index (χ0n) is 7.79. The van der Waals surface area contributed by atoms with Gasteiger partial charge in [-0.05, 0) is 31.2 Å². The summed E-state index contributed by atoms with van der Waals surface area (Å²) in [7, 11) is 0. The van der Waals surface area contributed by atoms with E-state index in [-0.39, 0.29) is 0 Å². The van der Waals surface area contributed by atoms with Gasteiger partial charge in [0.25, 0.3) is 0 Å². The number of aromatic nitrogens is 2. The molecule has 1 aromatic rings. The number of aromatic amines is 1. The van der Waals surface area contributed by atoms with E-state index in [1.54, 1.807) is 6.20 Å². The Bertz CT molecular complexity index is 345. The van der Waals surface area contributed by atoms with Gasteiger partial charge in [-0.1, -0.05) is 19.1 Å². The standard InChI is InChI=1S/C10H14N2S/c1-7-2-3-8(6-7)10-11-5-4-9(13)12-10/h4-5,7-8H,2-3,6H2,1H3,(H,11,12,13). The molecule has 70 valence electrons. The number of rotatable bonds is 1. The molecule has 0 radical (unpaired) electrons. The van der Waals surface area contributed by atoms with Gasteiger partial charge in [0, 0.05) is 12.1 Å². The van der Waals surface area contributed by atoms with Crippen molar-refractivity contribution < 1.29 is 0 Å². The highest BCUT2D eigenvalue weighted by Crippen LogP contribution is 2.35. The minimum absolute atomic E-state index is 0.609. The van der Waals surface area contributed by atoms with Crippen molar-refractivity contribution in [1.29, 1.82) is 0 Å². The molecule has 1 heterocycles. The summed E-state index contributed by atoms with van der Waals surface area (Å²) in [6.45, 7) is 2.30. The molecular formula is C10H14N2S. The van der Waals surface area contributed by atoms with Crippen LogP contribution in [0, 0.1) is 10.6 Å². The lowest BCUT2D eigenvalue weighted by molar-refractivity contribution is 0.585. The molecule has 0 aromatic carbocycles. The lowest BCUT2D eigenvalue weighted by Crippen LogP contribution is -2.00. The summed E-state index contributed by atoms with van der Waals surface area (Å²) >= 11 is 5.07. The molecule has 1 aliphatic rings. The largest absolute Gasteiger partial charge is 0.335 e. The summed E-state index contributed by atoms with van der Waals surface area (Å²) in [4.78, 5) is 7.51. The van der Waals surface area contributed by atoms with E-state index < -0.39 is 0 Å². The summed E-state index contributed by atoms with van der Waals surface area (Å²) in [5, 5.41) is 0. The molecule has 1 aromatic heterocycles. The van der Waals surface area contributed by atoms with Gasteiger partial charge in [-0.25, -0.2) is 4.98 Å². The first kappa shape index (κ1) is 8.88. The van der Waals surface area contributed by atoms with E-state index in [1.165, 1.54) is 19.3 Å². The third kappa shape index (κ3) is 1.97. The van der Waals surface area contributed by atoms with Crippen LogP contribution in [-0.4, -0.2) is 9.97 Å². The Labute approximate surface area is 83.4 Å². The maximum atomic E-state index is 5.07. The molecule has 13 heavy (non-hydrogen) atoms. The monoisotopic (exact) mass is 194 g/mol. The Morgan fingerprint density at radius 2 is 2.38 bits per heavy atom. The van der Waals surface area contributed by atoms with E-state index >= 15 is 0 Å². The van der Waals surface area contributed by atoms with Crippen LogP contribution in [0.2, 0.25) is 0 Å². The molecule has 3 heteroatoms. The van der Waals surface area contributed by atoms with Crippen LogP contribution >= 0.6 is 12.2 Å². The summed E-state index contributed by atoms with van der Waals surface area (Å²) in [5.74, 6) is 2.53. The van der Waals surface area contributed by atoms with Crippen LogP contribution in [0.25, 0.3) is 0 Å². The normalized spacial score (nSPS) is 27.8. The molecule has 2 rings (SSSR count). The van der Waals surface area contributed by atoms with Gasteiger partial charge in [-0.2, -0.15) is 0 Å². The SMILES string of the molecule is CC1CCC(c2nccc(=S)[nH]2)C1. The fourth-order valence-corrected chi connectivity index (χ4v) is 2.21. The van der Waals surface area contributed by atoms with Gasteiger partial charge in [-0.15, -0.1) is 0 Å². The van der Waals surface area contributed by atoms with Gasteiger partial charge in [-0.3, -0.25) is 0 Å². The molecule has 1 N–H and O–H groups in total. The molecule has 0 bridgehead atoms. The Hall–Kier alpha value is -0.700. The first-order valence-corrected chi connectivity index (χ1v) is 5.22.